The highest BCUT2D eigenvalue weighted by Crippen LogP contribution is 2.37. The summed E-state index contributed by atoms with van der Waals surface area (Å²) in [7, 11) is 0. The van der Waals surface area contributed by atoms with E-state index in [0.29, 0.717) is 41.0 Å². The van der Waals surface area contributed by atoms with Gasteiger partial charge in [-0.25, -0.2) is 0 Å². The Morgan fingerprint density at radius 2 is 2.03 bits per heavy atom. The SMILES string of the molecule is CC(C)(C)CC(=O)N1CCCC1C(=O)Nc1nnc(-c2ccc3c(c2)OCO3)s1. The first-order chi connectivity index (χ1) is 13.8. The number of hydrogen-bond acceptors (Lipinski definition) is 7. The molecule has 0 bridgehead atoms. The van der Waals surface area contributed by atoms with E-state index in [2.05, 4.69) is 15.5 Å². The highest BCUT2D eigenvalue weighted by molar-refractivity contribution is 7.18. The van der Waals surface area contributed by atoms with Crippen molar-refractivity contribution in [2.24, 2.45) is 5.41 Å². The monoisotopic (exact) mass is 416 g/mol. The van der Waals surface area contributed by atoms with Gasteiger partial charge in [0, 0.05) is 18.5 Å². The fraction of sp³-hybridized carbons (Fsp3) is 0.500. The lowest BCUT2D eigenvalue weighted by atomic mass is 9.91. The quantitative estimate of drug-likeness (QED) is 0.822. The number of likely N-dealkylation sites (tertiary alicyclic amines) is 1. The van der Waals surface area contributed by atoms with Crippen molar-refractivity contribution in [2.45, 2.75) is 46.1 Å². The molecule has 2 aromatic rings. The normalized spacial score (nSPS) is 18.2. The number of amides is 2. The summed E-state index contributed by atoms with van der Waals surface area (Å²) < 4.78 is 10.7. The second-order valence-electron chi connectivity index (χ2n) is 8.45. The number of ether oxygens (including phenoxy) is 2. The van der Waals surface area contributed by atoms with Crippen LogP contribution in [0.5, 0.6) is 11.5 Å². The van der Waals surface area contributed by atoms with E-state index in [1.165, 1.54) is 11.3 Å². The molecule has 1 unspecified atom stereocenters. The fourth-order valence-electron chi connectivity index (χ4n) is 3.50. The number of carbonyl (C=O) groups is 2. The third-order valence-corrected chi connectivity index (χ3v) is 5.72. The molecule has 0 spiro atoms. The molecule has 8 nitrogen and oxygen atoms in total. The van der Waals surface area contributed by atoms with Crippen molar-refractivity contribution in [1.82, 2.24) is 15.1 Å². The summed E-state index contributed by atoms with van der Waals surface area (Å²) in [6, 6.07) is 5.10. The number of fused-ring (bicyclic) bond motifs is 1. The van der Waals surface area contributed by atoms with Crippen molar-refractivity contribution in [1.29, 1.82) is 0 Å². The van der Waals surface area contributed by atoms with Gasteiger partial charge in [-0.05, 0) is 36.5 Å². The minimum Gasteiger partial charge on any atom is -0.454 e. The first kappa shape index (κ1) is 19.6. The van der Waals surface area contributed by atoms with E-state index in [9.17, 15) is 9.59 Å². The summed E-state index contributed by atoms with van der Waals surface area (Å²) in [5.74, 6) is 1.18. The summed E-state index contributed by atoms with van der Waals surface area (Å²) in [5.41, 5.74) is 0.731. The predicted molar refractivity (Wildman–Crippen MR) is 109 cm³/mol. The zero-order valence-corrected chi connectivity index (χ0v) is 17.5. The maximum atomic E-state index is 12.8. The van der Waals surface area contributed by atoms with Crippen LogP contribution in [-0.4, -0.2) is 46.3 Å². The number of aromatic nitrogens is 2. The molecule has 1 atom stereocenters. The Bertz CT molecular complexity index is 937. The molecule has 1 N–H and O–H groups in total. The van der Waals surface area contributed by atoms with Gasteiger partial charge in [0.05, 0.1) is 0 Å². The number of carbonyl (C=O) groups excluding carboxylic acids is 2. The van der Waals surface area contributed by atoms with E-state index in [1.807, 2.05) is 39.0 Å². The summed E-state index contributed by atoms with van der Waals surface area (Å²) in [5, 5.41) is 12.2. The molecular formula is C20H24N4O4S. The molecule has 9 heteroatoms. The van der Waals surface area contributed by atoms with E-state index in [4.69, 9.17) is 9.47 Å². The van der Waals surface area contributed by atoms with E-state index in [-0.39, 0.29) is 24.0 Å². The molecule has 2 aliphatic heterocycles. The Morgan fingerprint density at radius 1 is 1.24 bits per heavy atom. The third kappa shape index (κ3) is 4.34. The first-order valence-corrected chi connectivity index (χ1v) is 10.5. The number of benzene rings is 1. The van der Waals surface area contributed by atoms with Gasteiger partial charge in [0.2, 0.25) is 23.7 Å². The van der Waals surface area contributed by atoms with Crippen LogP contribution in [0.1, 0.15) is 40.0 Å². The van der Waals surface area contributed by atoms with E-state index < -0.39 is 6.04 Å². The van der Waals surface area contributed by atoms with Gasteiger partial charge in [-0.15, -0.1) is 10.2 Å². The van der Waals surface area contributed by atoms with Crippen LogP contribution in [0.4, 0.5) is 5.13 Å². The number of nitrogens with zero attached hydrogens (tertiary/aromatic N) is 3. The van der Waals surface area contributed by atoms with Crippen molar-refractivity contribution in [3.05, 3.63) is 18.2 Å². The van der Waals surface area contributed by atoms with Crippen LogP contribution in [0.3, 0.4) is 0 Å². The van der Waals surface area contributed by atoms with E-state index in [0.717, 1.165) is 12.0 Å². The first-order valence-electron chi connectivity index (χ1n) is 9.64. The van der Waals surface area contributed by atoms with Crippen LogP contribution in [0.15, 0.2) is 18.2 Å². The molecule has 1 fully saturated rings. The van der Waals surface area contributed by atoms with Crippen LogP contribution in [-0.2, 0) is 9.59 Å². The number of nitrogens with one attached hydrogen (secondary N) is 1. The zero-order chi connectivity index (χ0) is 20.6. The molecule has 0 radical (unpaired) electrons. The molecule has 2 aliphatic rings. The number of anilines is 1. The van der Waals surface area contributed by atoms with Gasteiger partial charge in [-0.3, -0.25) is 14.9 Å². The average Bonchev–Trinajstić information content (AvgIpc) is 3.39. The minimum atomic E-state index is -0.456. The van der Waals surface area contributed by atoms with Gasteiger partial charge in [-0.1, -0.05) is 32.1 Å². The van der Waals surface area contributed by atoms with Crippen LogP contribution < -0.4 is 14.8 Å². The van der Waals surface area contributed by atoms with Gasteiger partial charge in [0.25, 0.3) is 0 Å². The molecule has 29 heavy (non-hydrogen) atoms. The lowest BCUT2D eigenvalue weighted by molar-refractivity contribution is -0.138. The van der Waals surface area contributed by atoms with Crippen LogP contribution >= 0.6 is 11.3 Å². The number of hydrogen-bond donors (Lipinski definition) is 1. The standard InChI is InChI=1S/C20H24N4O4S/c1-20(2,3)10-16(25)24-8-4-5-13(24)17(26)21-19-23-22-18(29-19)12-6-7-14-15(9-12)28-11-27-14/h6-7,9,13H,4-5,8,10-11H2,1-3H3,(H,21,23,26). The molecule has 0 aliphatic carbocycles. The number of rotatable bonds is 4. The highest BCUT2D eigenvalue weighted by Gasteiger charge is 2.35. The predicted octanol–water partition coefficient (Wildman–Crippen LogP) is 3.30. The molecule has 2 amide bonds. The Balaban J connectivity index is 1.43. The second-order valence-corrected chi connectivity index (χ2v) is 9.43. The highest BCUT2D eigenvalue weighted by atomic mass is 32.1. The second kappa shape index (κ2) is 7.62. The Hall–Kier alpha value is -2.68. The van der Waals surface area contributed by atoms with Gasteiger partial charge in [-0.2, -0.15) is 0 Å². The lowest BCUT2D eigenvalue weighted by Gasteiger charge is -2.27. The Morgan fingerprint density at radius 3 is 2.83 bits per heavy atom. The van der Waals surface area contributed by atoms with Crippen molar-refractivity contribution in [3.63, 3.8) is 0 Å². The van der Waals surface area contributed by atoms with Gasteiger partial charge >= 0.3 is 0 Å². The Kier molecular flexibility index (Phi) is 5.16. The van der Waals surface area contributed by atoms with Crippen LogP contribution in [0, 0.1) is 5.41 Å². The minimum absolute atomic E-state index is 0.0217. The summed E-state index contributed by atoms with van der Waals surface area (Å²) in [6.07, 6.45) is 1.91. The van der Waals surface area contributed by atoms with Crippen molar-refractivity contribution in [3.8, 4) is 22.1 Å². The summed E-state index contributed by atoms with van der Waals surface area (Å²) in [4.78, 5) is 27.1. The maximum Gasteiger partial charge on any atom is 0.249 e. The van der Waals surface area contributed by atoms with Crippen LogP contribution in [0.25, 0.3) is 10.6 Å². The molecule has 1 aromatic carbocycles. The van der Waals surface area contributed by atoms with Gasteiger partial charge in [0.15, 0.2) is 11.5 Å². The molecule has 1 aromatic heterocycles. The average molecular weight is 417 g/mol. The smallest absolute Gasteiger partial charge is 0.249 e. The molecule has 3 heterocycles. The molecule has 4 rings (SSSR count). The van der Waals surface area contributed by atoms with E-state index >= 15 is 0 Å². The summed E-state index contributed by atoms with van der Waals surface area (Å²) in [6.45, 7) is 6.90. The van der Waals surface area contributed by atoms with Gasteiger partial charge < -0.3 is 14.4 Å². The topological polar surface area (TPSA) is 93.7 Å². The Labute approximate surface area is 173 Å². The van der Waals surface area contributed by atoms with Gasteiger partial charge in [0.1, 0.15) is 11.0 Å². The largest absolute Gasteiger partial charge is 0.454 e. The molecular weight excluding hydrogens is 392 g/mol. The molecule has 154 valence electrons. The van der Waals surface area contributed by atoms with Crippen molar-refractivity contribution >= 4 is 28.3 Å². The third-order valence-electron chi connectivity index (χ3n) is 4.83. The summed E-state index contributed by atoms with van der Waals surface area (Å²) >= 11 is 1.28. The lowest BCUT2D eigenvalue weighted by Crippen LogP contribution is -2.44. The fourth-order valence-corrected chi connectivity index (χ4v) is 4.24. The van der Waals surface area contributed by atoms with E-state index in [1.54, 1.807) is 4.90 Å². The van der Waals surface area contributed by atoms with Crippen molar-refractivity contribution < 1.29 is 19.1 Å². The zero-order valence-electron chi connectivity index (χ0n) is 16.7. The van der Waals surface area contributed by atoms with Crippen LogP contribution in [0.2, 0.25) is 0 Å². The maximum absolute atomic E-state index is 12.8. The molecule has 0 saturated carbocycles. The molecule has 1 saturated heterocycles. The van der Waals surface area contributed by atoms with Crippen molar-refractivity contribution in [2.75, 3.05) is 18.7 Å².